The lowest BCUT2D eigenvalue weighted by molar-refractivity contribution is -0.121. The lowest BCUT2D eigenvalue weighted by Crippen LogP contribution is -2.31. The van der Waals surface area contributed by atoms with Crippen molar-refractivity contribution in [1.29, 1.82) is 0 Å². The van der Waals surface area contributed by atoms with Gasteiger partial charge in [0.1, 0.15) is 0 Å². The van der Waals surface area contributed by atoms with Crippen LogP contribution in [0, 0.1) is 4.77 Å². The maximum absolute atomic E-state index is 12.7. The highest BCUT2D eigenvalue weighted by Gasteiger charge is 2.15. The first-order valence-corrected chi connectivity index (χ1v) is 10.6. The molecule has 1 aromatic carbocycles. The zero-order valence-corrected chi connectivity index (χ0v) is 17.5. The smallest absolute Gasteiger partial charge is 0.262 e. The van der Waals surface area contributed by atoms with Crippen LogP contribution in [-0.2, 0) is 16.1 Å². The number of hydrogen-bond acceptors (Lipinski definition) is 4. The average molecular weight is 454 g/mol. The van der Waals surface area contributed by atoms with Crippen molar-refractivity contribution in [3.8, 4) is 0 Å². The molecule has 1 amide bonds. The number of aromatic amines is 1. The Morgan fingerprint density at radius 1 is 1.37 bits per heavy atom. The normalized spacial score (nSPS) is 16.7. The number of hydrogen-bond donors (Lipinski definition) is 2. The van der Waals surface area contributed by atoms with Gasteiger partial charge in [-0.05, 0) is 56.1 Å². The van der Waals surface area contributed by atoms with Crippen LogP contribution in [0.4, 0.5) is 0 Å². The van der Waals surface area contributed by atoms with Gasteiger partial charge in [0.15, 0.2) is 4.77 Å². The number of ether oxygens (including phenoxy) is 1. The highest BCUT2D eigenvalue weighted by atomic mass is 79.9. The van der Waals surface area contributed by atoms with Gasteiger partial charge in [-0.1, -0.05) is 22.4 Å². The second kappa shape index (κ2) is 9.61. The van der Waals surface area contributed by atoms with E-state index in [2.05, 4.69) is 26.2 Å². The number of amides is 1. The number of carbonyl (C=O) groups excluding carboxylic acids is 1. The third-order valence-corrected chi connectivity index (χ3v) is 5.60. The minimum Gasteiger partial charge on any atom is -0.376 e. The second-order valence-corrected chi connectivity index (χ2v) is 8.13. The van der Waals surface area contributed by atoms with Gasteiger partial charge in [0, 0.05) is 30.6 Å². The van der Waals surface area contributed by atoms with Gasteiger partial charge < -0.3 is 15.0 Å². The molecule has 8 heteroatoms. The van der Waals surface area contributed by atoms with Crippen molar-refractivity contribution in [2.75, 3.05) is 13.2 Å². The fourth-order valence-corrected chi connectivity index (χ4v) is 3.92. The lowest BCUT2D eigenvalue weighted by Gasteiger charge is -2.11. The topological polar surface area (TPSA) is 76.1 Å². The van der Waals surface area contributed by atoms with Crippen LogP contribution >= 0.6 is 28.1 Å². The molecular weight excluding hydrogens is 430 g/mol. The Bertz CT molecular complexity index is 919. The third-order valence-electron chi connectivity index (χ3n) is 4.78. The summed E-state index contributed by atoms with van der Waals surface area (Å²) in [5.41, 5.74) is 0.664. The van der Waals surface area contributed by atoms with Crippen LogP contribution in [0.1, 0.15) is 38.5 Å². The largest absolute Gasteiger partial charge is 0.376 e. The zero-order chi connectivity index (χ0) is 19.2. The SMILES string of the molecule is O=C(CCCCCn1c(=S)[nH]c2ccc(Br)cc2c1=O)NC[C@@H]1CCCO1. The quantitative estimate of drug-likeness (QED) is 0.472. The summed E-state index contributed by atoms with van der Waals surface area (Å²) in [7, 11) is 0. The summed E-state index contributed by atoms with van der Waals surface area (Å²) >= 11 is 8.72. The Balaban J connectivity index is 1.45. The van der Waals surface area contributed by atoms with Crippen LogP contribution < -0.4 is 10.9 Å². The van der Waals surface area contributed by atoms with Crippen molar-refractivity contribution < 1.29 is 9.53 Å². The number of unbranched alkanes of at least 4 members (excludes halogenated alkanes) is 2. The molecule has 0 unspecified atom stereocenters. The molecule has 146 valence electrons. The van der Waals surface area contributed by atoms with Gasteiger partial charge in [0.25, 0.3) is 5.56 Å². The van der Waals surface area contributed by atoms with Gasteiger partial charge in [0.2, 0.25) is 5.91 Å². The summed E-state index contributed by atoms with van der Waals surface area (Å²) in [5, 5.41) is 3.55. The van der Waals surface area contributed by atoms with Crippen molar-refractivity contribution in [3.05, 3.63) is 37.8 Å². The molecule has 1 fully saturated rings. The number of benzene rings is 1. The molecule has 2 aromatic rings. The summed E-state index contributed by atoms with van der Waals surface area (Å²) < 4.78 is 8.39. The number of aromatic nitrogens is 2. The molecule has 2 N–H and O–H groups in total. The molecule has 2 heterocycles. The maximum atomic E-state index is 12.7. The number of nitrogens with zero attached hydrogens (tertiary/aromatic N) is 1. The minimum atomic E-state index is -0.0793. The Morgan fingerprint density at radius 3 is 3.00 bits per heavy atom. The van der Waals surface area contributed by atoms with Crippen LogP contribution in [0.5, 0.6) is 0 Å². The summed E-state index contributed by atoms with van der Waals surface area (Å²) in [4.78, 5) is 27.6. The monoisotopic (exact) mass is 453 g/mol. The lowest BCUT2D eigenvalue weighted by atomic mass is 10.1. The first-order valence-electron chi connectivity index (χ1n) is 9.35. The summed E-state index contributed by atoms with van der Waals surface area (Å²) in [6, 6.07) is 5.52. The van der Waals surface area contributed by atoms with Crippen molar-refractivity contribution in [2.24, 2.45) is 0 Å². The number of H-pyrrole nitrogens is 1. The Morgan fingerprint density at radius 2 is 2.22 bits per heavy atom. The van der Waals surface area contributed by atoms with Crippen LogP contribution in [0.15, 0.2) is 27.5 Å². The summed E-state index contributed by atoms with van der Waals surface area (Å²) in [5.74, 6) is 0.0653. The Hall–Kier alpha value is -1.51. The first-order chi connectivity index (χ1) is 13.0. The zero-order valence-electron chi connectivity index (χ0n) is 15.1. The predicted octanol–water partition coefficient (Wildman–Crippen LogP) is 3.68. The van der Waals surface area contributed by atoms with E-state index in [1.165, 1.54) is 0 Å². The predicted molar refractivity (Wildman–Crippen MR) is 112 cm³/mol. The van der Waals surface area contributed by atoms with Crippen LogP contribution in [0.2, 0.25) is 0 Å². The molecule has 0 bridgehead atoms. The molecule has 27 heavy (non-hydrogen) atoms. The van der Waals surface area contributed by atoms with E-state index in [0.717, 1.165) is 48.7 Å². The number of carbonyl (C=O) groups is 1. The molecule has 0 saturated carbocycles. The van der Waals surface area contributed by atoms with E-state index in [-0.39, 0.29) is 17.6 Å². The van der Waals surface area contributed by atoms with Gasteiger partial charge in [-0.15, -0.1) is 0 Å². The van der Waals surface area contributed by atoms with Crippen molar-refractivity contribution in [3.63, 3.8) is 0 Å². The van der Waals surface area contributed by atoms with Crippen molar-refractivity contribution >= 4 is 45.0 Å². The van der Waals surface area contributed by atoms with E-state index in [1.54, 1.807) is 10.6 Å². The molecule has 1 aliphatic heterocycles. The van der Waals surface area contributed by atoms with E-state index < -0.39 is 0 Å². The van der Waals surface area contributed by atoms with Gasteiger partial charge in [-0.3, -0.25) is 14.2 Å². The molecule has 1 aliphatic rings. The molecule has 1 atom stereocenters. The molecule has 6 nitrogen and oxygen atoms in total. The molecule has 1 aromatic heterocycles. The molecule has 0 spiro atoms. The molecule has 3 rings (SSSR count). The molecular formula is C19H24BrN3O3S. The first kappa shape index (κ1) is 20.2. The highest BCUT2D eigenvalue weighted by molar-refractivity contribution is 9.10. The van der Waals surface area contributed by atoms with Gasteiger partial charge in [-0.2, -0.15) is 0 Å². The number of halogens is 1. The third kappa shape index (κ3) is 5.49. The van der Waals surface area contributed by atoms with E-state index in [0.29, 0.717) is 29.7 Å². The van der Waals surface area contributed by atoms with Crippen LogP contribution in [0.25, 0.3) is 10.9 Å². The minimum absolute atomic E-state index is 0.0653. The molecule has 1 saturated heterocycles. The number of rotatable bonds is 8. The summed E-state index contributed by atoms with van der Waals surface area (Å²) in [6.45, 7) is 1.96. The fraction of sp³-hybridized carbons (Fsp3) is 0.526. The highest BCUT2D eigenvalue weighted by Crippen LogP contribution is 2.15. The maximum Gasteiger partial charge on any atom is 0.262 e. The van der Waals surface area contributed by atoms with Crippen molar-refractivity contribution in [1.82, 2.24) is 14.9 Å². The van der Waals surface area contributed by atoms with Gasteiger partial charge in [-0.25, -0.2) is 0 Å². The summed E-state index contributed by atoms with van der Waals surface area (Å²) in [6.07, 6.45) is 5.24. The van der Waals surface area contributed by atoms with Gasteiger partial charge in [0.05, 0.1) is 17.0 Å². The number of fused-ring (bicyclic) bond motifs is 1. The van der Waals surface area contributed by atoms with Crippen LogP contribution in [0.3, 0.4) is 0 Å². The van der Waals surface area contributed by atoms with Crippen molar-refractivity contribution in [2.45, 2.75) is 51.2 Å². The molecule has 0 radical (unpaired) electrons. The Labute approximate surface area is 171 Å². The van der Waals surface area contributed by atoms with Crippen LogP contribution in [-0.4, -0.2) is 34.7 Å². The van der Waals surface area contributed by atoms with E-state index >= 15 is 0 Å². The van der Waals surface area contributed by atoms with E-state index in [9.17, 15) is 9.59 Å². The standard InChI is InChI=1S/C19H24BrN3O3S/c20-13-7-8-16-15(11-13)18(25)23(19(27)22-16)9-3-1-2-6-17(24)21-12-14-5-4-10-26-14/h7-8,11,14H,1-6,9-10,12H2,(H,21,24)(H,22,27)/t14-/m0/s1. The fourth-order valence-electron chi connectivity index (χ4n) is 3.28. The number of nitrogens with one attached hydrogen (secondary N) is 2. The molecule has 0 aliphatic carbocycles. The second-order valence-electron chi connectivity index (χ2n) is 6.83. The van der Waals surface area contributed by atoms with Gasteiger partial charge >= 0.3 is 0 Å². The Kier molecular flexibility index (Phi) is 7.20. The van der Waals surface area contributed by atoms with E-state index in [4.69, 9.17) is 17.0 Å². The van der Waals surface area contributed by atoms with E-state index in [1.807, 2.05) is 12.1 Å². The average Bonchev–Trinajstić information content (AvgIpc) is 3.16.